The van der Waals surface area contributed by atoms with Crippen molar-refractivity contribution >= 4 is 0 Å². The van der Waals surface area contributed by atoms with Gasteiger partial charge in [0.15, 0.2) is 11.6 Å². The van der Waals surface area contributed by atoms with Crippen molar-refractivity contribution in [1.82, 2.24) is 0 Å². The molecule has 0 atom stereocenters. The van der Waals surface area contributed by atoms with E-state index in [1.54, 1.807) is 13.8 Å². The van der Waals surface area contributed by atoms with Crippen molar-refractivity contribution in [1.29, 1.82) is 0 Å². The second kappa shape index (κ2) is 2.34. The van der Waals surface area contributed by atoms with Gasteiger partial charge in [0.2, 0.25) is 11.5 Å². The minimum Gasteiger partial charge on any atom is -0.449 e. The van der Waals surface area contributed by atoms with Crippen LogP contribution in [0.15, 0.2) is 12.1 Å². The third-order valence-corrected chi connectivity index (χ3v) is 1.68. The number of fused-ring (bicyclic) bond motifs is 1. The van der Waals surface area contributed by atoms with Crippen LogP contribution < -0.4 is 9.47 Å². The van der Waals surface area contributed by atoms with Gasteiger partial charge in [0, 0.05) is 26.0 Å². The number of halogens is 2. The Morgan fingerprint density at radius 3 is 2.54 bits per heavy atom. The van der Waals surface area contributed by atoms with Gasteiger partial charge in [-0.15, -0.1) is 0 Å². The molecular formula is C9H8F2O2. The van der Waals surface area contributed by atoms with Crippen LogP contribution >= 0.6 is 0 Å². The topological polar surface area (TPSA) is 18.5 Å². The lowest BCUT2D eigenvalue weighted by atomic mass is 10.3. The first-order chi connectivity index (χ1) is 5.98. The lowest BCUT2D eigenvalue weighted by Crippen LogP contribution is -2.29. The maximum atomic E-state index is 13.0. The van der Waals surface area contributed by atoms with Gasteiger partial charge in [0.1, 0.15) is 5.82 Å². The Morgan fingerprint density at radius 1 is 1.15 bits per heavy atom. The summed E-state index contributed by atoms with van der Waals surface area (Å²) in [7, 11) is 0. The van der Waals surface area contributed by atoms with E-state index in [4.69, 9.17) is 9.47 Å². The van der Waals surface area contributed by atoms with Crippen LogP contribution in [-0.4, -0.2) is 5.79 Å². The van der Waals surface area contributed by atoms with Gasteiger partial charge in [-0.3, -0.25) is 0 Å². The molecule has 1 aromatic rings. The van der Waals surface area contributed by atoms with Crippen LogP contribution in [0, 0.1) is 11.6 Å². The maximum Gasteiger partial charge on any atom is 0.246 e. The van der Waals surface area contributed by atoms with E-state index in [0.29, 0.717) is 0 Å². The highest BCUT2D eigenvalue weighted by molar-refractivity contribution is 5.44. The summed E-state index contributed by atoms with van der Waals surface area (Å²) in [6.45, 7) is 3.26. The van der Waals surface area contributed by atoms with Crippen LogP contribution in [0.5, 0.6) is 11.5 Å². The number of ether oxygens (including phenoxy) is 2. The van der Waals surface area contributed by atoms with Crippen molar-refractivity contribution in [2.75, 3.05) is 0 Å². The number of hydrogen-bond donors (Lipinski definition) is 0. The summed E-state index contributed by atoms with van der Waals surface area (Å²) in [6, 6.07) is 1.87. The highest BCUT2D eigenvalue weighted by atomic mass is 19.1. The molecule has 0 amide bonds. The van der Waals surface area contributed by atoms with E-state index < -0.39 is 17.4 Å². The Hall–Kier alpha value is -1.32. The van der Waals surface area contributed by atoms with Gasteiger partial charge >= 0.3 is 0 Å². The van der Waals surface area contributed by atoms with E-state index in [2.05, 4.69) is 0 Å². The average Bonchev–Trinajstić information content (AvgIpc) is 2.23. The second-order valence-corrected chi connectivity index (χ2v) is 3.32. The largest absolute Gasteiger partial charge is 0.449 e. The molecule has 13 heavy (non-hydrogen) atoms. The van der Waals surface area contributed by atoms with Gasteiger partial charge < -0.3 is 9.47 Å². The highest BCUT2D eigenvalue weighted by Crippen LogP contribution is 2.41. The Kier molecular flexibility index (Phi) is 1.49. The molecule has 0 aromatic heterocycles. The summed E-state index contributed by atoms with van der Waals surface area (Å²) in [5.41, 5.74) is 0. The molecule has 0 saturated heterocycles. The smallest absolute Gasteiger partial charge is 0.246 e. The summed E-state index contributed by atoms with van der Waals surface area (Å²) in [4.78, 5) is 0. The standard InChI is InChI=1S/C9H8F2O2/c1-9(2)12-7-4-5(10)3-6(11)8(7)13-9/h3-4H,1-2H3. The quantitative estimate of drug-likeness (QED) is 0.619. The minimum absolute atomic E-state index is 0.0219. The molecule has 0 radical (unpaired) electrons. The summed E-state index contributed by atoms with van der Waals surface area (Å²) in [5, 5.41) is 0. The fourth-order valence-electron chi connectivity index (χ4n) is 1.24. The molecule has 1 aliphatic heterocycles. The van der Waals surface area contributed by atoms with Crippen LogP contribution in [0.2, 0.25) is 0 Å². The van der Waals surface area contributed by atoms with Crippen molar-refractivity contribution < 1.29 is 18.3 Å². The molecule has 0 bridgehead atoms. The van der Waals surface area contributed by atoms with E-state index in [9.17, 15) is 8.78 Å². The second-order valence-electron chi connectivity index (χ2n) is 3.32. The van der Waals surface area contributed by atoms with Gasteiger partial charge in [0.25, 0.3) is 0 Å². The van der Waals surface area contributed by atoms with E-state index in [1.165, 1.54) is 0 Å². The lowest BCUT2D eigenvalue weighted by Gasteiger charge is -2.16. The zero-order valence-electron chi connectivity index (χ0n) is 7.23. The van der Waals surface area contributed by atoms with Crippen LogP contribution in [0.1, 0.15) is 13.8 Å². The first-order valence-corrected chi connectivity index (χ1v) is 3.85. The van der Waals surface area contributed by atoms with Crippen molar-refractivity contribution in [2.24, 2.45) is 0 Å². The Balaban J connectivity index is 2.52. The van der Waals surface area contributed by atoms with Crippen molar-refractivity contribution in [3.8, 4) is 11.5 Å². The minimum atomic E-state index is -0.920. The lowest BCUT2D eigenvalue weighted by molar-refractivity contribution is -0.0445. The van der Waals surface area contributed by atoms with E-state index in [1.807, 2.05) is 0 Å². The molecule has 70 valence electrons. The molecule has 0 saturated carbocycles. The highest BCUT2D eigenvalue weighted by Gasteiger charge is 2.34. The third-order valence-electron chi connectivity index (χ3n) is 1.68. The molecule has 0 unspecified atom stereocenters. The summed E-state index contributed by atoms with van der Waals surface area (Å²) in [6.07, 6.45) is 0. The van der Waals surface area contributed by atoms with Gasteiger partial charge in [0.05, 0.1) is 0 Å². The fraction of sp³-hybridized carbons (Fsp3) is 0.333. The SMILES string of the molecule is CC1(C)Oc2cc(F)cc(F)c2O1. The van der Waals surface area contributed by atoms with E-state index in [0.717, 1.165) is 12.1 Å². The molecule has 0 aliphatic carbocycles. The number of benzene rings is 1. The molecule has 0 N–H and O–H groups in total. The van der Waals surface area contributed by atoms with Crippen LogP contribution in [0.3, 0.4) is 0 Å². The zero-order valence-corrected chi connectivity index (χ0v) is 7.23. The van der Waals surface area contributed by atoms with Crippen molar-refractivity contribution in [3.63, 3.8) is 0 Å². The van der Waals surface area contributed by atoms with Gasteiger partial charge in [-0.1, -0.05) is 0 Å². The van der Waals surface area contributed by atoms with E-state index in [-0.39, 0.29) is 11.5 Å². The molecule has 2 rings (SSSR count). The van der Waals surface area contributed by atoms with Crippen LogP contribution in [-0.2, 0) is 0 Å². The normalized spacial score (nSPS) is 17.5. The molecule has 1 aliphatic rings. The van der Waals surface area contributed by atoms with Gasteiger partial charge in [-0.25, -0.2) is 8.78 Å². The molecule has 4 heteroatoms. The van der Waals surface area contributed by atoms with E-state index >= 15 is 0 Å². The summed E-state index contributed by atoms with van der Waals surface area (Å²) in [5.74, 6) is -2.23. The third kappa shape index (κ3) is 1.32. The first-order valence-electron chi connectivity index (χ1n) is 3.85. The summed E-state index contributed by atoms with van der Waals surface area (Å²) < 4.78 is 36.0. The Bertz CT molecular complexity index is 361. The molecule has 1 aromatic carbocycles. The van der Waals surface area contributed by atoms with Crippen molar-refractivity contribution in [2.45, 2.75) is 19.6 Å². The zero-order chi connectivity index (χ0) is 9.64. The molecule has 0 spiro atoms. The maximum absolute atomic E-state index is 13.0. The first kappa shape index (κ1) is 8.29. The predicted molar refractivity (Wildman–Crippen MR) is 41.7 cm³/mol. The van der Waals surface area contributed by atoms with Gasteiger partial charge in [-0.2, -0.15) is 0 Å². The number of rotatable bonds is 0. The van der Waals surface area contributed by atoms with Crippen molar-refractivity contribution in [3.05, 3.63) is 23.8 Å². The van der Waals surface area contributed by atoms with Gasteiger partial charge in [-0.05, 0) is 0 Å². The Morgan fingerprint density at radius 2 is 1.85 bits per heavy atom. The van der Waals surface area contributed by atoms with Crippen LogP contribution in [0.25, 0.3) is 0 Å². The molecular weight excluding hydrogens is 178 g/mol. The van der Waals surface area contributed by atoms with Crippen LogP contribution in [0.4, 0.5) is 8.78 Å². The summed E-state index contributed by atoms with van der Waals surface area (Å²) >= 11 is 0. The molecule has 1 heterocycles. The monoisotopic (exact) mass is 186 g/mol. The number of hydrogen-bond acceptors (Lipinski definition) is 2. The average molecular weight is 186 g/mol. The fourth-order valence-corrected chi connectivity index (χ4v) is 1.24. The molecule has 2 nitrogen and oxygen atoms in total. The Labute approximate surface area is 74.1 Å². The predicted octanol–water partition coefficient (Wildman–Crippen LogP) is 2.47. The molecule has 0 fully saturated rings.